The molecule has 0 unspecified atom stereocenters. The average Bonchev–Trinajstić information content (AvgIpc) is 2.31. The molecule has 96 valence electrons. The highest BCUT2D eigenvalue weighted by atomic mass is 16.3. The Kier molecular flexibility index (Phi) is 3.44. The third-order valence-electron chi connectivity index (χ3n) is 4.91. The monoisotopic (exact) mass is 236 g/mol. The highest BCUT2D eigenvalue weighted by Gasteiger charge is 2.49. The normalized spacial score (nSPS) is 37.5. The summed E-state index contributed by atoms with van der Waals surface area (Å²) in [6.45, 7) is 8.73. The van der Waals surface area contributed by atoms with E-state index in [2.05, 4.69) is 20.4 Å². The highest BCUT2D eigenvalue weighted by Crippen LogP contribution is 2.56. The smallest absolute Gasteiger partial charge is 0.138 e. The van der Waals surface area contributed by atoms with Crippen LogP contribution in [0.2, 0.25) is 0 Å². The number of carbonyl (C=O) groups excluding carboxylic acids is 1. The number of Topliss-reactive ketones (excluding diaryl/α,β-unsaturated/α-hetero) is 1. The van der Waals surface area contributed by atoms with Crippen molar-refractivity contribution in [3.8, 4) is 0 Å². The van der Waals surface area contributed by atoms with Crippen LogP contribution in [0, 0.1) is 23.2 Å². The van der Waals surface area contributed by atoms with Crippen molar-refractivity contribution in [2.24, 2.45) is 23.2 Å². The van der Waals surface area contributed by atoms with Crippen molar-refractivity contribution in [2.75, 3.05) is 6.61 Å². The van der Waals surface area contributed by atoms with Crippen LogP contribution in [0.4, 0.5) is 0 Å². The van der Waals surface area contributed by atoms with Gasteiger partial charge in [-0.15, -0.1) is 0 Å². The Balaban J connectivity index is 2.16. The Labute approximate surface area is 104 Å². The summed E-state index contributed by atoms with van der Waals surface area (Å²) in [5, 5.41) is 9.29. The van der Waals surface area contributed by atoms with Crippen LogP contribution in [-0.4, -0.2) is 17.5 Å². The summed E-state index contributed by atoms with van der Waals surface area (Å²) in [5.41, 5.74) is 1.61. The minimum Gasteiger partial charge on any atom is -0.396 e. The molecule has 0 aliphatic heterocycles. The van der Waals surface area contributed by atoms with Gasteiger partial charge in [-0.25, -0.2) is 0 Å². The van der Waals surface area contributed by atoms with E-state index < -0.39 is 0 Å². The van der Waals surface area contributed by atoms with E-state index in [0.29, 0.717) is 18.3 Å². The molecule has 0 amide bonds. The van der Waals surface area contributed by atoms with Gasteiger partial charge < -0.3 is 5.11 Å². The molecule has 3 atom stereocenters. The van der Waals surface area contributed by atoms with Crippen molar-refractivity contribution in [2.45, 2.75) is 46.0 Å². The number of carbonyl (C=O) groups is 1. The Bertz CT molecular complexity index is 330. The molecule has 2 heteroatoms. The molecule has 0 radical (unpaired) electrons. The molecular weight excluding hydrogens is 212 g/mol. The van der Waals surface area contributed by atoms with Gasteiger partial charge >= 0.3 is 0 Å². The van der Waals surface area contributed by atoms with Crippen LogP contribution in [-0.2, 0) is 4.79 Å². The molecule has 0 aromatic carbocycles. The lowest BCUT2D eigenvalue weighted by atomic mass is 9.52. The molecule has 2 rings (SSSR count). The Morgan fingerprint density at radius 2 is 2.18 bits per heavy atom. The number of aliphatic hydroxyl groups excluding tert-OH is 1. The summed E-state index contributed by atoms with van der Waals surface area (Å²) in [6, 6.07) is 0. The first kappa shape index (κ1) is 12.8. The van der Waals surface area contributed by atoms with Crippen molar-refractivity contribution >= 4 is 5.78 Å². The molecule has 2 nitrogen and oxygen atoms in total. The third kappa shape index (κ3) is 2.33. The summed E-state index contributed by atoms with van der Waals surface area (Å²) < 4.78 is 0. The minimum atomic E-state index is -0.127. The molecule has 0 aromatic heterocycles. The SMILES string of the molecule is C=C1CCC[C@H](CO)C(=O)C[C@@H]2[C@H]1CC2(C)C. The number of hydrogen-bond acceptors (Lipinski definition) is 2. The van der Waals surface area contributed by atoms with Crippen molar-refractivity contribution in [3.63, 3.8) is 0 Å². The van der Waals surface area contributed by atoms with Crippen molar-refractivity contribution < 1.29 is 9.90 Å². The van der Waals surface area contributed by atoms with Gasteiger partial charge in [0.15, 0.2) is 0 Å². The van der Waals surface area contributed by atoms with Gasteiger partial charge in [-0.3, -0.25) is 4.79 Å². The zero-order valence-corrected chi connectivity index (χ0v) is 11.0. The van der Waals surface area contributed by atoms with E-state index in [1.165, 1.54) is 12.0 Å². The van der Waals surface area contributed by atoms with Crippen LogP contribution in [0.15, 0.2) is 12.2 Å². The van der Waals surface area contributed by atoms with Crippen molar-refractivity contribution in [1.29, 1.82) is 0 Å². The lowest BCUT2D eigenvalue weighted by molar-refractivity contribution is -0.129. The lowest BCUT2D eigenvalue weighted by Gasteiger charge is -2.52. The van der Waals surface area contributed by atoms with Crippen molar-refractivity contribution in [3.05, 3.63) is 12.2 Å². The summed E-state index contributed by atoms with van der Waals surface area (Å²) >= 11 is 0. The van der Waals surface area contributed by atoms with Gasteiger partial charge in [0, 0.05) is 12.3 Å². The van der Waals surface area contributed by atoms with Gasteiger partial charge in [-0.05, 0) is 42.9 Å². The molecule has 2 fully saturated rings. The fourth-order valence-electron chi connectivity index (χ4n) is 3.59. The first-order valence-corrected chi connectivity index (χ1v) is 6.77. The van der Waals surface area contributed by atoms with Crippen LogP contribution >= 0.6 is 0 Å². The molecule has 0 spiro atoms. The molecular formula is C15H24O2. The Morgan fingerprint density at radius 3 is 2.76 bits per heavy atom. The maximum absolute atomic E-state index is 12.1. The summed E-state index contributed by atoms with van der Waals surface area (Å²) in [4.78, 5) is 12.1. The van der Waals surface area contributed by atoms with Crippen molar-refractivity contribution in [1.82, 2.24) is 0 Å². The van der Waals surface area contributed by atoms with Crippen LogP contribution in [0.5, 0.6) is 0 Å². The maximum atomic E-state index is 12.1. The summed E-state index contributed by atoms with van der Waals surface area (Å²) in [5.74, 6) is 1.14. The molecule has 17 heavy (non-hydrogen) atoms. The second kappa shape index (κ2) is 4.56. The Morgan fingerprint density at radius 1 is 1.47 bits per heavy atom. The predicted molar refractivity (Wildman–Crippen MR) is 68.6 cm³/mol. The topological polar surface area (TPSA) is 37.3 Å². The van der Waals surface area contributed by atoms with E-state index in [4.69, 9.17) is 0 Å². The number of rotatable bonds is 1. The number of ketones is 1. The molecule has 2 aliphatic rings. The van der Waals surface area contributed by atoms with Crippen LogP contribution in [0.1, 0.15) is 46.0 Å². The first-order valence-electron chi connectivity index (χ1n) is 6.77. The van der Waals surface area contributed by atoms with E-state index in [-0.39, 0.29) is 23.7 Å². The van der Waals surface area contributed by atoms with Gasteiger partial charge in [0.05, 0.1) is 6.61 Å². The van der Waals surface area contributed by atoms with Gasteiger partial charge in [0.2, 0.25) is 0 Å². The Hall–Kier alpha value is -0.630. The number of allylic oxidation sites excluding steroid dienone is 1. The van der Waals surface area contributed by atoms with Crippen LogP contribution in [0.25, 0.3) is 0 Å². The van der Waals surface area contributed by atoms with E-state index in [0.717, 1.165) is 19.3 Å². The van der Waals surface area contributed by atoms with Crippen LogP contribution in [0.3, 0.4) is 0 Å². The highest BCUT2D eigenvalue weighted by molar-refractivity contribution is 5.81. The number of fused-ring (bicyclic) bond motifs is 1. The summed E-state index contributed by atoms with van der Waals surface area (Å²) in [7, 11) is 0. The van der Waals surface area contributed by atoms with E-state index in [1.54, 1.807) is 0 Å². The fraction of sp³-hybridized carbons (Fsp3) is 0.800. The average molecular weight is 236 g/mol. The van der Waals surface area contributed by atoms with E-state index in [1.807, 2.05) is 0 Å². The van der Waals surface area contributed by atoms with Gasteiger partial charge in [0.25, 0.3) is 0 Å². The van der Waals surface area contributed by atoms with E-state index >= 15 is 0 Å². The fourth-order valence-corrected chi connectivity index (χ4v) is 3.59. The molecule has 2 aliphatic carbocycles. The predicted octanol–water partition coefficient (Wildman–Crippen LogP) is 2.96. The third-order valence-corrected chi connectivity index (χ3v) is 4.91. The minimum absolute atomic E-state index is 0.0170. The lowest BCUT2D eigenvalue weighted by Crippen LogP contribution is -2.46. The summed E-state index contributed by atoms with van der Waals surface area (Å²) in [6.07, 6.45) is 4.67. The molecule has 0 saturated heterocycles. The number of hydrogen-bond donors (Lipinski definition) is 1. The standard InChI is InChI=1S/C15H24O2/c1-10-5-4-6-11(9-16)14(17)7-13-12(10)8-15(13,2)3/h11-13,16H,1,4-9H2,2-3H3/t11-,12+,13-/m1/s1. The second-order valence-corrected chi connectivity index (χ2v) is 6.51. The molecule has 0 aromatic rings. The molecule has 0 bridgehead atoms. The molecule has 1 N–H and O–H groups in total. The van der Waals surface area contributed by atoms with E-state index in [9.17, 15) is 9.90 Å². The second-order valence-electron chi connectivity index (χ2n) is 6.51. The first-order chi connectivity index (χ1) is 7.95. The largest absolute Gasteiger partial charge is 0.396 e. The zero-order valence-electron chi connectivity index (χ0n) is 11.0. The van der Waals surface area contributed by atoms with Gasteiger partial charge in [-0.2, -0.15) is 0 Å². The zero-order chi connectivity index (χ0) is 12.6. The van der Waals surface area contributed by atoms with Gasteiger partial charge in [-0.1, -0.05) is 26.0 Å². The maximum Gasteiger partial charge on any atom is 0.138 e. The van der Waals surface area contributed by atoms with Crippen LogP contribution < -0.4 is 0 Å². The molecule has 0 heterocycles. The number of aliphatic hydroxyl groups is 1. The molecule has 2 saturated carbocycles. The quantitative estimate of drug-likeness (QED) is 0.711. The van der Waals surface area contributed by atoms with Gasteiger partial charge in [0.1, 0.15) is 5.78 Å².